The van der Waals surface area contributed by atoms with E-state index in [-0.39, 0.29) is 24.3 Å². The van der Waals surface area contributed by atoms with Crippen molar-refractivity contribution in [2.24, 2.45) is 5.92 Å². The smallest absolute Gasteiger partial charge is 0.238 e. The second-order valence-corrected chi connectivity index (χ2v) is 6.83. The largest absolute Gasteiger partial charge is 0.379 e. The van der Waals surface area contributed by atoms with Crippen molar-refractivity contribution in [3.05, 3.63) is 29.8 Å². The molecule has 6 nitrogen and oxygen atoms in total. The number of Topliss-reactive ketones (excluding diaryl/α,β-unsaturated/α-hetero) is 1. The quantitative estimate of drug-likeness (QED) is 0.702. The Morgan fingerprint density at radius 2 is 1.96 bits per heavy atom. The van der Waals surface area contributed by atoms with Gasteiger partial charge < -0.3 is 15.4 Å². The Morgan fingerprint density at radius 1 is 1.24 bits per heavy atom. The Bertz CT molecular complexity index is 583. The van der Waals surface area contributed by atoms with Crippen LogP contribution < -0.4 is 10.6 Å². The molecule has 0 saturated carbocycles. The normalized spacial score (nSPS) is 16.6. The fourth-order valence-corrected chi connectivity index (χ4v) is 2.82. The van der Waals surface area contributed by atoms with Gasteiger partial charge >= 0.3 is 0 Å². The van der Waals surface area contributed by atoms with Crippen molar-refractivity contribution in [2.75, 3.05) is 44.7 Å². The first kappa shape index (κ1) is 19.6. The number of morpholine rings is 1. The number of benzene rings is 1. The van der Waals surface area contributed by atoms with E-state index < -0.39 is 0 Å². The molecule has 2 N–H and O–H groups in total. The predicted octanol–water partition coefficient (Wildman–Crippen LogP) is 1.77. The molecular formula is C19H29N3O3. The average Bonchev–Trinajstić information content (AvgIpc) is 2.59. The van der Waals surface area contributed by atoms with Crippen LogP contribution in [0.15, 0.2) is 24.3 Å². The molecule has 6 heteroatoms. The van der Waals surface area contributed by atoms with E-state index in [0.717, 1.165) is 32.8 Å². The molecule has 1 aliphatic rings. The van der Waals surface area contributed by atoms with Gasteiger partial charge in [0.05, 0.1) is 19.8 Å². The predicted molar refractivity (Wildman–Crippen MR) is 99.0 cm³/mol. The molecule has 0 bridgehead atoms. The molecule has 0 aliphatic carbocycles. The molecule has 1 fully saturated rings. The number of carbonyl (C=O) groups is 2. The maximum atomic E-state index is 12.2. The number of hydrogen-bond donors (Lipinski definition) is 2. The molecule has 1 aliphatic heterocycles. The zero-order valence-electron chi connectivity index (χ0n) is 15.4. The topological polar surface area (TPSA) is 70.7 Å². The van der Waals surface area contributed by atoms with E-state index in [9.17, 15) is 9.59 Å². The lowest BCUT2D eigenvalue weighted by molar-refractivity contribution is -0.115. The molecule has 1 unspecified atom stereocenters. The summed E-state index contributed by atoms with van der Waals surface area (Å²) >= 11 is 0. The number of ketones is 1. The summed E-state index contributed by atoms with van der Waals surface area (Å²) < 4.78 is 5.38. The van der Waals surface area contributed by atoms with Crippen LogP contribution in [0.2, 0.25) is 0 Å². The second kappa shape index (κ2) is 9.65. The Hall–Kier alpha value is -1.76. The summed E-state index contributed by atoms with van der Waals surface area (Å²) in [6, 6.07) is 7.25. The maximum Gasteiger partial charge on any atom is 0.238 e. The summed E-state index contributed by atoms with van der Waals surface area (Å²) in [5, 5.41) is 6.21. The van der Waals surface area contributed by atoms with Gasteiger partial charge in [-0.25, -0.2) is 0 Å². The minimum absolute atomic E-state index is 0.0143. The second-order valence-electron chi connectivity index (χ2n) is 6.83. The van der Waals surface area contributed by atoms with E-state index in [0.29, 0.717) is 17.2 Å². The van der Waals surface area contributed by atoms with Crippen LogP contribution in [0.4, 0.5) is 5.69 Å². The molecule has 1 heterocycles. The van der Waals surface area contributed by atoms with Crippen molar-refractivity contribution in [1.29, 1.82) is 0 Å². The van der Waals surface area contributed by atoms with Crippen molar-refractivity contribution in [3.63, 3.8) is 0 Å². The lowest BCUT2D eigenvalue weighted by Crippen LogP contribution is -2.49. The van der Waals surface area contributed by atoms with Crippen molar-refractivity contribution in [2.45, 2.75) is 26.8 Å². The molecule has 2 rings (SSSR count). The summed E-state index contributed by atoms with van der Waals surface area (Å²) in [4.78, 5) is 26.0. The summed E-state index contributed by atoms with van der Waals surface area (Å²) in [6.07, 6.45) is 0. The number of nitrogens with zero attached hydrogens (tertiary/aromatic N) is 1. The number of hydrogen-bond acceptors (Lipinski definition) is 5. The molecule has 1 saturated heterocycles. The van der Waals surface area contributed by atoms with Crippen LogP contribution in [0.1, 0.15) is 31.1 Å². The standard InChI is InChI=1S/C19H29N3O3/c1-14(2)18(13-22-7-9-25-10-8-22)20-12-19(24)21-17-6-4-5-16(11-17)15(3)23/h4-6,11,14,18,20H,7-10,12-13H2,1-3H3,(H,21,24). The number of anilines is 1. The summed E-state index contributed by atoms with van der Waals surface area (Å²) in [6.45, 7) is 10.4. The molecule has 1 aromatic rings. The molecule has 1 aromatic carbocycles. The number of amides is 1. The first-order valence-corrected chi connectivity index (χ1v) is 8.90. The highest BCUT2D eigenvalue weighted by Gasteiger charge is 2.20. The van der Waals surface area contributed by atoms with E-state index >= 15 is 0 Å². The van der Waals surface area contributed by atoms with Crippen LogP contribution in [0.25, 0.3) is 0 Å². The monoisotopic (exact) mass is 347 g/mol. The maximum absolute atomic E-state index is 12.2. The molecule has 1 atom stereocenters. The van der Waals surface area contributed by atoms with Gasteiger partial charge in [0, 0.05) is 36.9 Å². The van der Waals surface area contributed by atoms with Gasteiger partial charge in [0.15, 0.2) is 5.78 Å². The Kier molecular flexibility index (Phi) is 7.55. The third kappa shape index (κ3) is 6.57. The van der Waals surface area contributed by atoms with Crippen LogP contribution >= 0.6 is 0 Å². The van der Waals surface area contributed by atoms with Gasteiger partial charge in [0.25, 0.3) is 0 Å². The van der Waals surface area contributed by atoms with Gasteiger partial charge in [-0.05, 0) is 25.0 Å². The highest BCUT2D eigenvalue weighted by atomic mass is 16.5. The van der Waals surface area contributed by atoms with Crippen molar-refractivity contribution < 1.29 is 14.3 Å². The lowest BCUT2D eigenvalue weighted by Gasteiger charge is -2.32. The van der Waals surface area contributed by atoms with Crippen LogP contribution in [-0.4, -0.2) is 62.0 Å². The molecule has 138 valence electrons. The van der Waals surface area contributed by atoms with Crippen LogP contribution in [0.3, 0.4) is 0 Å². The van der Waals surface area contributed by atoms with Crippen LogP contribution in [0.5, 0.6) is 0 Å². The Labute approximate surface area is 149 Å². The molecule has 1 amide bonds. The zero-order valence-corrected chi connectivity index (χ0v) is 15.4. The third-order valence-electron chi connectivity index (χ3n) is 4.44. The SMILES string of the molecule is CC(=O)c1cccc(NC(=O)CNC(CN2CCOCC2)C(C)C)c1. The van der Waals surface area contributed by atoms with Gasteiger partial charge in [-0.15, -0.1) is 0 Å². The summed E-state index contributed by atoms with van der Waals surface area (Å²) in [7, 11) is 0. The minimum atomic E-state index is -0.103. The number of rotatable bonds is 8. The van der Waals surface area contributed by atoms with Gasteiger partial charge in [-0.1, -0.05) is 26.0 Å². The Balaban J connectivity index is 1.83. The lowest BCUT2D eigenvalue weighted by atomic mass is 10.0. The summed E-state index contributed by atoms with van der Waals surface area (Å²) in [5.74, 6) is 0.310. The van der Waals surface area contributed by atoms with E-state index in [2.05, 4.69) is 29.4 Å². The van der Waals surface area contributed by atoms with Crippen LogP contribution in [-0.2, 0) is 9.53 Å². The van der Waals surface area contributed by atoms with Crippen molar-refractivity contribution in [3.8, 4) is 0 Å². The first-order chi connectivity index (χ1) is 12.0. The van der Waals surface area contributed by atoms with E-state index in [1.54, 1.807) is 24.3 Å². The van der Waals surface area contributed by atoms with Gasteiger partial charge in [-0.2, -0.15) is 0 Å². The first-order valence-electron chi connectivity index (χ1n) is 8.90. The molecule has 0 spiro atoms. The van der Waals surface area contributed by atoms with Gasteiger partial charge in [-0.3, -0.25) is 14.5 Å². The van der Waals surface area contributed by atoms with E-state index in [1.807, 2.05) is 0 Å². The highest BCUT2D eigenvalue weighted by molar-refractivity contribution is 5.97. The Morgan fingerprint density at radius 3 is 2.60 bits per heavy atom. The zero-order chi connectivity index (χ0) is 18.2. The van der Waals surface area contributed by atoms with Crippen molar-refractivity contribution >= 4 is 17.4 Å². The minimum Gasteiger partial charge on any atom is -0.379 e. The number of carbonyl (C=O) groups excluding carboxylic acids is 2. The van der Waals surface area contributed by atoms with Crippen LogP contribution in [0, 0.1) is 5.92 Å². The molecule has 0 radical (unpaired) electrons. The highest BCUT2D eigenvalue weighted by Crippen LogP contribution is 2.11. The molecule has 25 heavy (non-hydrogen) atoms. The van der Waals surface area contributed by atoms with Crippen molar-refractivity contribution in [1.82, 2.24) is 10.2 Å². The molecular weight excluding hydrogens is 318 g/mol. The number of ether oxygens (including phenoxy) is 1. The fourth-order valence-electron chi connectivity index (χ4n) is 2.82. The van der Waals surface area contributed by atoms with E-state index in [1.165, 1.54) is 6.92 Å². The van der Waals surface area contributed by atoms with E-state index in [4.69, 9.17) is 4.74 Å². The average molecular weight is 347 g/mol. The van der Waals surface area contributed by atoms with Gasteiger partial charge in [0.1, 0.15) is 0 Å². The van der Waals surface area contributed by atoms with Gasteiger partial charge in [0.2, 0.25) is 5.91 Å². The molecule has 0 aromatic heterocycles. The fraction of sp³-hybridized carbons (Fsp3) is 0.579. The summed E-state index contributed by atoms with van der Waals surface area (Å²) in [5.41, 5.74) is 1.24. The third-order valence-corrected chi connectivity index (χ3v) is 4.44. The number of nitrogens with one attached hydrogen (secondary N) is 2.